The van der Waals surface area contributed by atoms with E-state index in [9.17, 15) is 4.79 Å². The summed E-state index contributed by atoms with van der Waals surface area (Å²) >= 11 is 6.09. The van der Waals surface area contributed by atoms with Gasteiger partial charge in [-0.25, -0.2) is 14.8 Å². The maximum atomic E-state index is 10.9. The minimum absolute atomic E-state index is 0.375. The van der Waals surface area contributed by atoms with Gasteiger partial charge in [-0.3, -0.25) is 0 Å². The van der Waals surface area contributed by atoms with Crippen molar-refractivity contribution in [3.63, 3.8) is 0 Å². The van der Waals surface area contributed by atoms with Crippen molar-refractivity contribution in [2.75, 3.05) is 26.8 Å². The van der Waals surface area contributed by atoms with Gasteiger partial charge in [0.2, 0.25) is 0 Å². The summed E-state index contributed by atoms with van der Waals surface area (Å²) in [6.07, 6.45) is 3.19. The number of aromatic nitrogens is 2. The van der Waals surface area contributed by atoms with Crippen LogP contribution in [-0.4, -0.2) is 52.9 Å². The fourth-order valence-corrected chi connectivity index (χ4v) is 3.25. The van der Waals surface area contributed by atoms with Gasteiger partial charge in [-0.1, -0.05) is 11.6 Å². The number of nitrogens with zero attached hydrogens (tertiary/aromatic N) is 3. The molecule has 0 unspecified atom stereocenters. The Morgan fingerprint density at radius 2 is 2.08 bits per heavy atom. The molecule has 25 heavy (non-hydrogen) atoms. The van der Waals surface area contributed by atoms with E-state index in [1.165, 1.54) is 11.2 Å². The number of amides is 1. The van der Waals surface area contributed by atoms with Gasteiger partial charge in [0.15, 0.2) is 11.5 Å². The average Bonchev–Trinajstić information content (AvgIpc) is 2.62. The monoisotopic (exact) mass is 365 g/mol. The molecule has 0 radical (unpaired) electrons. The number of fused-ring (bicyclic) bond motifs is 1. The van der Waals surface area contributed by atoms with Crippen molar-refractivity contribution in [3.8, 4) is 11.5 Å². The van der Waals surface area contributed by atoms with Crippen LogP contribution in [0.3, 0.4) is 0 Å². The molecule has 1 fully saturated rings. The van der Waals surface area contributed by atoms with Gasteiger partial charge in [-0.15, -0.1) is 0 Å². The SMILES string of the molecule is COc1cc2c(Cl)ncnc2cc1OCCC1CCN(C(=O)O)CC1. The summed E-state index contributed by atoms with van der Waals surface area (Å²) in [4.78, 5) is 20.6. The Kier molecular flexibility index (Phi) is 5.43. The zero-order valence-electron chi connectivity index (χ0n) is 13.9. The van der Waals surface area contributed by atoms with Crippen LogP contribution >= 0.6 is 11.6 Å². The number of ether oxygens (including phenoxy) is 2. The number of carbonyl (C=O) groups is 1. The fourth-order valence-electron chi connectivity index (χ4n) is 3.05. The van der Waals surface area contributed by atoms with E-state index in [0.717, 1.165) is 24.6 Å². The number of rotatable bonds is 5. The Morgan fingerprint density at radius 3 is 2.76 bits per heavy atom. The molecule has 1 aliphatic rings. The van der Waals surface area contributed by atoms with E-state index in [0.29, 0.717) is 47.8 Å². The largest absolute Gasteiger partial charge is 0.493 e. The quantitative estimate of drug-likeness (QED) is 0.817. The Labute approximate surface area is 150 Å². The van der Waals surface area contributed by atoms with E-state index < -0.39 is 6.09 Å². The first-order valence-electron chi connectivity index (χ1n) is 8.17. The third-order valence-electron chi connectivity index (χ3n) is 4.54. The summed E-state index contributed by atoms with van der Waals surface area (Å²) in [5.41, 5.74) is 0.700. The summed E-state index contributed by atoms with van der Waals surface area (Å²) < 4.78 is 11.3. The van der Waals surface area contributed by atoms with Gasteiger partial charge in [-0.2, -0.15) is 0 Å². The van der Waals surface area contributed by atoms with Crippen LogP contribution in [0.2, 0.25) is 5.15 Å². The first-order chi connectivity index (χ1) is 12.1. The van der Waals surface area contributed by atoms with Crippen molar-refractivity contribution in [3.05, 3.63) is 23.6 Å². The minimum Gasteiger partial charge on any atom is -0.493 e. The van der Waals surface area contributed by atoms with E-state index in [-0.39, 0.29) is 0 Å². The van der Waals surface area contributed by atoms with Crippen LogP contribution < -0.4 is 9.47 Å². The van der Waals surface area contributed by atoms with Crippen LogP contribution in [-0.2, 0) is 0 Å². The normalized spacial score (nSPS) is 15.4. The highest BCUT2D eigenvalue weighted by molar-refractivity contribution is 6.34. The van der Waals surface area contributed by atoms with Crippen molar-refractivity contribution in [2.24, 2.45) is 5.92 Å². The lowest BCUT2D eigenvalue weighted by Crippen LogP contribution is -2.37. The van der Waals surface area contributed by atoms with Crippen LogP contribution in [0, 0.1) is 5.92 Å². The molecule has 2 aromatic rings. The number of methoxy groups -OCH3 is 1. The molecular weight excluding hydrogens is 346 g/mol. The zero-order chi connectivity index (χ0) is 17.8. The second-order valence-electron chi connectivity index (χ2n) is 6.03. The molecule has 0 aliphatic carbocycles. The molecule has 1 aromatic heterocycles. The van der Waals surface area contributed by atoms with Crippen LogP contribution in [0.25, 0.3) is 10.9 Å². The maximum Gasteiger partial charge on any atom is 0.407 e. The highest BCUT2D eigenvalue weighted by Crippen LogP contribution is 2.34. The Hall–Kier alpha value is -2.28. The summed E-state index contributed by atoms with van der Waals surface area (Å²) in [5.74, 6) is 1.68. The second-order valence-corrected chi connectivity index (χ2v) is 6.39. The molecule has 3 rings (SSSR count). The lowest BCUT2D eigenvalue weighted by molar-refractivity contribution is 0.119. The van der Waals surface area contributed by atoms with E-state index in [1.54, 1.807) is 19.2 Å². The van der Waals surface area contributed by atoms with E-state index >= 15 is 0 Å². The lowest BCUT2D eigenvalue weighted by atomic mass is 9.94. The topological polar surface area (TPSA) is 84.8 Å². The molecule has 1 N–H and O–H groups in total. The van der Waals surface area contributed by atoms with Gasteiger partial charge in [0.1, 0.15) is 11.5 Å². The second kappa shape index (κ2) is 7.74. The average molecular weight is 366 g/mol. The molecule has 1 aromatic carbocycles. The van der Waals surface area contributed by atoms with Crippen molar-refractivity contribution < 1.29 is 19.4 Å². The third-order valence-corrected chi connectivity index (χ3v) is 4.84. The number of piperidine rings is 1. The predicted molar refractivity (Wildman–Crippen MR) is 93.5 cm³/mol. The van der Waals surface area contributed by atoms with Gasteiger partial charge in [0, 0.05) is 24.5 Å². The fraction of sp³-hybridized carbons (Fsp3) is 0.471. The third kappa shape index (κ3) is 4.04. The van der Waals surface area contributed by atoms with Gasteiger partial charge in [-0.05, 0) is 31.2 Å². The number of hydrogen-bond donors (Lipinski definition) is 1. The van der Waals surface area contributed by atoms with Crippen molar-refractivity contribution in [1.82, 2.24) is 14.9 Å². The number of carboxylic acid groups (broad SMARTS) is 1. The number of halogens is 1. The number of benzene rings is 1. The molecule has 0 saturated carbocycles. The van der Waals surface area contributed by atoms with E-state index in [2.05, 4.69) is 9.97 Å². The van der Waals surface area contributed by atoms with Crippen LogP contribution in [0.15, 0.2) is 18.5 Å². The molecule has 8 heteroatoms. The smallest absolute Gasteiger partial charge is 0.407 e. The zero-order valence-corrected chi connectivity index (χ0v) is 14.7. The van der Waals surface area contributed by atoms with E-state index in [4.69, 9.17) is 26.2 Å². The van der Waals surface area contributed by atoms with Crippen molar-refractivity contribution in [2.45, 2.75) is 19.3 Å². The van der Waals surface area contributed by atoms with E-state index in [1.807, 2.05) is 0 Å². The van der Waals surface area contributed by atoms with Crippen molar-refractivity contribution >= 4 is 28.6 Å². The van der Waals surface area contributed by atoms with Gasteiger partial charge < -0.3 is 19.5 Å². The molecule has 1 amide bonds. The highest BCUT2D eigenvalue weighted by Gasteiger charge is 2.22. The predicted octanol–water partition coefficient (Wildman–Crippen LogP) is 3.45. The number of likely N-dealkylation sites (tertiary alicyclic amines) is 1. The minimum atomic E-state index is -0.837. The standard InChI is InChI=1S/C17H20ClN3O4/c1-24-14-8-12-13(19-10-20-16(12)18)9-15(14)25-7-4-11-2-5-21(6-3-11)17(22)23/h8-11H,2-7H2,1H3,(H,22,23). The summed E-state index contributed by atoms with van der Waals surface area (Å²) in [7, 11) is 1.58. The first-order valence-corrected chi connectivity index (χ1v) is 8.55. The Morgan fingerprint density at radius 1 is 1.32 bits per heavy atom. The van der Waals surface area contributed by atoms with Crippen LogP contribution in [0.1, 0.15) is 19.3 Å². The molecule has 0 atom stereocenters. The summed E-state index contributed by atoms with van der Waals surface area (Å²) in [6, 6.07) is 3.58. The molecule has 0 spiro atoms. The maximum absolute atomic E-state index is 10.9. The molecule has 134 valence electrons. The van der Waals surface area contributed by atoms with Crippen LogP contribution in [0.5, 0.6) is 11.5 Å². The molecule has 2 heterocycles. The van der Waals surface area contributed by atoms with Crippen LogP contribution in [0.4, 0.5) is 4.79 Å². The Balaban J connectivity index is 1.61. The summed E-state index contributed by atoms with van der Waals surface area (Å²) in [6.45, 7) is 1.72. The van der Waals surface area contributed by atoms with Gasteiger partial charge in [0.05, 0.1) is 19.2 Å². The highest BCUT2D eigenvalue weighted by atomic mass is 35.5. The lowest BCUT2D eigenvalue weighted by Gasteiger charge is -2.29. The first kappa shape index (κ1) is 17.5. The number of hydrogen-bond acceptors (Lipinski definition) is 5. The Bertz CT molecular complexity index is 763. The molecule has 0 bridgehead atoms. The molecule has 1 aliphatic heterocycles. The molecule has 1 saturated heterocycles. The van der Waals surface area contributed by atoms with Crippen molar-refractivity contribution in [1.29, 1.82) is 0 Å². The molecular formula is C17H20ClN3O4. The van der Waals surface area contributed by atoms with Gasteiger partial charge >= 0.3 is 6.09 Å². The summed E-state index contributed by atoms with van der Waals surface area (Å²) in [5, 5.41) is 10.1. The van der Waals surface area contributed by atoms with Gasteiger partial charge in [0.25, 0.3) is 0 Å². The molecule has 7 nitrogen and oxygen atoms in total.